The molecule has 0 bridgehead atoms. The Morgan fingerprint density at radius 2 is 0.762 bits per heavy atom. The second-order valence-electron chi connectivity index (χ2n) is 15.9. The SMILES string of the molecule is c1ccc(-c2ccc(-c3nc(-c4cccc(-c5ccc(-c6ccc7c(c6)oc6ccccc67)c6oc7ccccc7c56)c4)nc(-c4cccc5c4oc4ccccc45)n3)cc2)cc1. The normalized spacial score (nSPS) is 11.8. The number of furan rings is 3. The van der Waals surface area contributed by atoms with Crippen LogP contribution in [0.2, 0.25) is 0 Å². The molecule has 0 spiro atoms. The third kappa shape index (κ3) is 5.76. The van der Waals surface area contributed by atoms with Crippen LogP contribution in [-0.4, -0.2) is 15.0 Å². The highest BCUT2D eigenvalue weighted by atomic mass is 16.3. The fourth-order valence-electron chi connectivity index (χ4n) is 9.14. The molecular weight excluding hydrogens is 775 g/mol. The van der Waals surface area contributed by atoms with E-state index in [1.807, 2.05) is 66.7 Å². The van der Waals surface area contributed by atoms with Gasteiger partial charge in [0.15, 0.2) is 17.5 Å². The van der Waals surface area contributed by atoms with E-state index in [9.17, 15) is 0 Å². The number of aromatic nitrogens is 3. The molecule has 0 aliphatic rings. The average molecular weight is 808 g/mol. The van der Waals surface area contributed by atoms with Gasteiger partial charge in [-0.1, -0.05) is 152 Å². The Balaban J connectivity index is 0.973. The first kappa shape index (κ1) is 35.2. The fourth-order valence-corrected chi connectivity index (χ4v) is 9.14. The van der Waals surface area contributed by atoms with E-state index in [2.05, 4.69) is 133 Å². The number of fused-ring (bicyclic) bond motifs is 9. The quantitative estimate of drug-likeness (QED) is 0.166. The van der Waals surface area contributed by atoms with Crippen molar-refractivity contribution in [3.63, 3.8) is 0 Å². The zero-order chi connectivity index (χ0) is 41.4. The number of rotatable bonds is 6. The maximum atomic E-state index is 6.74. The molecule has 13 rings (SSSR count). The number of benzene rings is 9. The van der Waals surface area contributed by atoms with Gasteiger partial charge in [0.25, 0.3) is 0 Å². The molecule has 0 N–H and O–H groups in total. The predicted molar refractivity (Wildman–Crippen MR) is 254 cm³/mol. The Morgan fingerprint density at radius 1 is 0.254 bits per heavy atom. The Labute approximate surface area is 360 Å². The van der Waals surface area contributed by atoms with Crippen molar-refractivity contribution in [2.45, 2.75) is 0 Å². The predicted octanol–water partition coefficient (Wildman–Crippen LogP) is 15.6. The van der Waals surface area contributed by atoms with Crippen molar-refractivity contribution in [1.82, 2.24) is 15.0 Å². The summed E-state index contributed by atoms with van der Waals surface area (Å²) in [6.07, 6.45) is 0. The molecule has 6 nitrogen and oxygen atoms in total. The van der Waals surface area contributed by atoms with Crippen LogP contribution in [0.15, 0.2) is 213 Å². The molecule has 13 aromatic rings. The molecule has 0 fully saturated rings. The fraction of sp³-hybridized carbons (Fsp3) is 0. The summed E-state index contributed by atoms with van der Waals surface area (Å²) in [7, 11) is 0. The van der Waals surface area contributed by atoms with Crippen molar-refractivity contribution in [1.29, 1.82) is 0 Å². The Kier molecular flexibility index (Phi) is 7.80. The van der Waals surface area contributed by atoms with E-state index in [1.165, 1.54) is 0 Å². The van der Waals surface area contributed by atoms with Crippen molar-refractivity contribution in [3.05, 3.63) is 200 Å². The van der Waals surface area contributed by atoms with Gasteiger partial charge in [0.1, 0.15) is 33.5 Å². The van der Waals surface area contributed by atoms with Crippen LogP contribution in [0.5, 0.6) is 0 Å². The molecule has 0 aliphatic heterocycles. The zero-order valence-corrected chi connectivity index (χ0v) is 33.6. The number of nitrogens with zero attached hydrogens (tertiary/aromatic N) is 3. The van der Waals surface area contributed by atoms with Gasteiger partial charge < -0.3 is 13.3 Å². The molecule has 0 atom stereocenters. The van der Waals surface area contributed by atoms with Crippen LogP contribution in [0, 0.1) is 0 Å². The van der Waals surface area contributed by atoms with Gasteiger partial charge in [0, 0.05) is 49.0 Å². The van der Waals surface area contributed by atoms with Crippen LogP contribution in [0.3, 0.4) is 0 Å². The summed E-state index contributed by atoms with van der Waals surface area (Å²) in [6.45, 7) is 0. The van der Waals surface area contributed by atoms with E-state index < -0.39 is 0 Å². The van der Waals surface area contributed by atoms with Gasteiger partial charge in [-0.3, -0.25) is 0 Å². The average Bonchev–Trinajstić information content (AvgIpc) is 4.05. The first-order valence-corrected chi connectivity index (χ1v) is 21.0. The van der Waals surface area contributed by atoms with Crippen LogP contribution < -0.4 is 0 Å². The topological polar surface area (TPSA) is 78.1 Å². The van der Waals surface area contributed by atoms with E-state index in [0.717, 1.165) is 116 Å². The van der Waals surface area contributed by atoms with Crippen LogP contribution in [0.1, 0.15) is 0 Å². The maximum absolute atomic E-state index is 6.74. The van der Waals surface area contributed by atoms with E-state index in [-0.39, 0.29) is 0 Å². The van der Waals surface area contributed by atoms with Crippen molar-refractivity contribution >= 4 is 65.8 Å². The molecule has 0 saturated carbocycles. The van der Waals surface area contributed by atoms with Gasteiger partial charge in [-0.05, 0) is 76.3 Å². The summed E-state index contributed by atoms with van der Waals surface area (Å²) in [4.78, 5) is 15.5. The molecule has 0 saturated heterocycles. The molecule has 0 aliphatic carbocycles. The lowest BCUT2D eigenvalue weighted by atomic mass is 9.93. The minimum atomic E-state index is 0.534. The summed E-state index contributed by atoms with van der Waals surface area (Å²) in [5.74, 6) is 1.66. The van der Waals surface area contributed by atoms with E-state index in [4.69, 9.17) is 28.2 Å². The van der Waals surface area contributed by atoms with Gasteiger partial charge in [-0.25, -0.2) is 15.0 Å². The van der Waals surface area contributed by atoms with Gasteiger partial charge >= 0.3 is 0 Å². The number of hydrogen-bond acceptors (Lipinski definition) is 6. The van der Waals surface area contributed by atoms with E-state index >= 15 is 0 Å². The lowest BCUT2D eigenvalue weighted by Crippen LogP contribution is -2.00. The van der Waals surface area contributed by atoms with E-state index in [0.29, 0.717) is 17.5 Å². The second-order valence-corrected chi connectivity index (χ2v) is 15.9. The van der Waals surface area contributed by atoms with Crippen molar-refractivity contribution in [3.8, 4) is 67.5 Å². The van der Waals surface area contributed by atoms with Crippen LogP contribution in [0.25, 0.3) is 133 Å². The summed E-state index contributed by atoms with van der Waals surface area (Å²) in [6, 6.07) is 68.6. The Hall–Kier alpha value is -8.61. The van der Waals surface area contributed by atoms with Gasteiger partial charge in [-0.2, -0.15) is 0 Å². The lowest BCUT2D eigenvalue weighted by Gasteiger charge is -2.12. The molecule has 9 aromatic carbocycles. The highest BCUT2D eigenvalue weighted by Gasteiger charge is 2.21. The molecule has 294 valence electrons. The minimum absolute atomic E-state index is 0.534. The van der Waals surface area contributed by atoms with Crippen molar-refractivity contribution in [2.24, 2.45) is 0 Å². The standard InChI is InChI=1S/C57H33N3O3/c1-2-12-34(13-3-1)35-24-26-36(27-25-35)55-58-56(60-57(59-55)47-20-11-19-45-43-17-5-8-22-49(43)62-53(45)47)39-15-10-14-37(32-39)40-30-31-41(54-52(40)46-18-6-9-23-50(46)63-54)38-28-29-44-42-16-4-7-21-48(42)61-51(44)33-38/h1-33H. The highest BCUT2D eigenvalue weighted by Crippen LogP contribution is 2.44. The number of hydrogen-bond donors (Lipinski definition) is 0. The molecule has 4 aromatic heterocycles. The molecular formula is C57H33N3O3. The third-order valence-corrected chi connectivity index (χ3v) is 12.2. The zero-order valence-electron chi connectivity index (χ0n) is 33.6. The van der Waals surface area contributed by atoms with E-state index in [1.54, 1.807) is 0 Å². The van der Waals surface area contributed by atoms with Crippen LogP contribution in [0.4, 0.5) is 0 Å². The maximum Gasteiger partial charge on any atom is 0.167 e. The van der Waals surface area contributed by atoms with Gasteiger partial charge in [0.2, 0.25) is 0 Å². The van der Waals surface area contributed by atoms with Crippen molar-refractivity contribution in [2.75, 3.05) is 0 Å². The van der Waals surface area contributed by atoms with Crippen LogP contribution >= 0.6 is 0 Å². The molecule has 0 amide bonds. The minimum Gasteiger partial charge on any atom is -0.456 e. The van der Waals surface area contributed by atoms with Crippen LogP contribution in [-0.2, 0) is 0 Å². The summed E-state index contributed by atoms with van der Waals surface area (Å²) < 4.78 is 19.6. The lowest BCUT2D eigenvalue weighted by molar-refractivity contribution is 0.668. The molecule has 6 heteroatoms. The van der Waals surface area contributed by atoms with Crippen molar-refractivity contribution < 1.29 is 13.3 Å². The highest BCUT2D eigenvalue weighted by molar-refractivity contribution is 6.17. The smallest absolute Gasteiger partial charge is 0.167 e. The van der Waals surface area contributed by atoms with Gasteiger partial charge in [-0.15, -0.1) is 0 Å². The largest absolute Gasteiger partial charge is 0.456 e. The summed E-state index contributed by atoms with van der Waals surface area (Å²) in [5, 5.41) is 6.34. The summed E-state index contributed by atoms with van der Waals surface area (Å²) in [5.41, 5.74) is 13.8. The first-order valence-electron chi connectivity index (χ1n) is 21.0. The Morgan fingerprint density at radius 3 is 1.57 bits per heavy atom. The molecule has 0 radical (unpaired) electrons. The first-order chi connectivity index (χ1) is 31.2. The molecule has 0 unspecified atom stereocenters. The third-order valence-electron chi connectivity index (χ3n) is 12.2. The Bertz CT molecular complexity index is 3920. The monoisotopic (exact) mass is 807 g/mol. The number of para-hydroxylation sites is 4. The second kappa shape index (κ2) is 14.0. The van der Waals surface area contributed by atoms with Gasteiger partial charge in [0.05, 0.1) is 5.56 Å². The molecule has 4 heterocycles. The molecule has 63 heavy (non-hydrogen) atoms. The summed E-state index contributed by atoms with van der Waals surface area (Å²) >= 11 is 0.